The molecule has 1 unspecified atom stereocenters. The molecular weight excluding hydrogens is 426 g/mol. The van der Waals surface area contributed by atoms with Crippen molar-refractivity contribution in [3.63, 3.8) is 0 Å². The summed E-state index contributed by atoms with van der Waals surface area (Å²) >= 11 is 4.32. The molecule has 0 radical (unpaired) electrons. The molecule has 2 fully saturated rings. The van der Waals surface area contributed by atoms with Gasteiger partial charge in [-0.05, 0) is 0 Å². The zero-order chi connectivity index (χ0) is 11.1. The number of ether oxygens (including phenoxy) is 2. The molecule has 6 heteroatoms. The van der Waals surface area contributed by atoms with Crippen molar-refractivity contribution in [3.05, 3.63) is 0 Å². The Bertz CT molecular complexity index is 274. The third-order valence-electron chi connectivity index (χ3n) is 2.83. The summed E-state index contributed by atoms with van der Waals surface area (Å²) in [6, 6.07) is 0. The normalized spacial score (nSPS) is 39.6. The smallest absolute Gasteiger partial charge is 0.324 e. The molecular formula is C9H10I2O4. The topological polar surface area (TPSA) is 52.6 Å². The first-order valence-corrected chi connectivity index (χ1v) is 7.71. The van der Waals surface area contributed by atoms with Crippen molar-refractivity contribution < 1.29 is 19.1 Å². The molecule has 0 aromatic rings. The summed E-state index contributed by atoms with van der Waals surface area (Å²) in [5, 5.41) is 0. The van der Waals surface area contributed by atoms with Gasteiger partial charge in [0.25, 0.3) is 0 Å². The summed E-state index contributed by atoms with van der Waals surface area (Å²) in [6.07, 6.45) is 0.721. The van der Waals surface area contributed by atoms with Crippen LogP contribution in [0.25, 0.3) is 0 Å². The first-order valence-electron chi connectivity index (χ1n) is 4.66. The first kappa shape index (κ1) is 11.9. The molecule has 2 rings (SSSR count). The highest BCUT2D eigenvalue weighted by Crippen LogP contribution is 2.45. The second kappa shape index (κ2) is 4.34. The SMILES string of the molecule is O=C1O[C@H](CI)CC12C[C@H](CI)OC2=O. The van der Waals surface area contributed by atoms with Gasteiger partial charge in [-0.3, -0.25) is 9.59 Å². The largest absolute Gasteiger partial charge is 0.461 e. The summed E-state index contributed by atoms with van der Waals surface area (Å²) < 4.78 is 11.8. The molecule has 0 bridgehead atoms. The zero-order valence-electron chi connectivity index (χ0n) is 7.87. The van der Waals surface area contributed by atoms with Crippen LogP contribution in [0.3, 0.4) is 0 Å². The van der Waals surface area contributed by atoms with E-state index in [2.05, 4.69) is 45.2 Å². The summed E-state index contributed by atoms with van der Waals surface area (Å²) in [6.45, 7) is 0. The average molecular weight is 436 g/mol. The Balaban J connectivity index is 2.20. The molecule has 2 heterocycles. The molecule has 84 valence electrons. The van der Waals surface area contributed by atoms with Gasteiger partial charge in [-0.2, -0.15) is 0 Å². The van der Waals surface area contributed by atoms with Gasteiger partial charge in [0.05, 0.1) is 0 Å². The summed E-state index contributed by atoms with van der Waals surface area (Å²) in [5.41, 5.74) is -0.980. The van der Waals surface area contributed by atoms with Crippen molar-refractivity contribution >= 4 is 57.1 Å². The van der Waals surface area contributed by atoms with E-state index in [1.807, 2.05) is 0 Å². The van der Waals surface area contributed by atoms with Gasteiger partial charge < -0.3 is 9.47 Å². The fourth-order valence-corrected chi connectivity index (χ4v) is 3.04. The first-order chi connectivity index (χ1) is 7.12. The van der Waals surface area contributed by atoms with Gasteiger partial charge in [0.15, 0.2) is 5.41 Å². The van der Waals surface area contributed by atoms with Crippen LogP contribution in [0.5, 0.6) is 0 Å². The van der Waals surface area contributed by atoms with E-state index in [1.54, 1.807) is 0 Å². The minimum absolute atomic E-state index is 0.126. The maximum absolute atomic E-state index is 11.7. The lowest BCUT2D eigenvalue weighted by molar-refractivity contribution is -0.158. The van der Waals surface area contributed by atoms with Crippen LogP contribution < -0.4 is 0 Å². The molecule has 0 aliphatic carbocycles. The fourth-order valence-electron chi connectivity index (χ4n) is 2.06. The predicted molar refractivity (Wildman–Crippen MR) is 69.2 cm³/mol. The highest BCUT2D eigenvalue weighted by Gasteiger charge is 2.60. The van der Waals surface area contributed by atoms with Crippen LogP contribution in [-0.2, 0) is 19.1 Å². The Kier molecular flexibility index (Phi) is 3.44. The van der Waals surface area contributed by atoms with Crippen molar-refractivity contribution in [2.24, 2.45) is 5.41 Å². The van der Waals surface area contributed by atoms with E-state index in [0.29, 0.717) is 12.8 Å². The van der Waals surface area contributed by atoms with Crippen molar-refractivity contribution in [1.82, 2.24) is 0 Å². The van der Waals surface area contributed by atoms with E-state index in [4.69, 9.17) is 9.47 Å². The van der Waals surface area contributed by atoms with E-state index in [1.165, 1.54) is 0 Å². The van der Waals surface area contributed by atoms with Gasteiger partial charge in [0.1, 0.15) is 12.2 Å². The van der Waals surface area contributed by atoms with Gasteiger partial charge in [0, 0.05) is 21.7 Å². The monoisotopic (exact) mass is 436 g/mol. The lowest BCUT2D eigenvalue weighted by Crippen LogP contribution is -2.31. The minimum atomic E-state index is -0.980. The van der Waals surface area contributed by atoms with Crippen LogP contribution in [0.2, 0.25) is 0 Å². The Morgan fingerprint density at radius 1 is 1.07 bits per heavy atom. The molecule has 4 nitrogen and oxygen atoms in total. The standard InChI is InChI=1S/C9H10I2O4/c10-3-5-1-9(7(12)14-5)2-6(4-11)15-8(9)13/h5-6H,1-4H2/t5-,6+,9?. The van der Waals surface area contributed by atoms with Crippen LogP contribution in [0.15, 0.2) is 0 Å². The van der Waals surface area contributed by atoms with E-state index in [0.717, 1.165) is 8.86 Å². The van der Waals surface area contributed by atoms with Crippen molar-refractivity contribution in [2.75, 3.05) is 8.86 Å². The third kappa shape index (κ3) is 1.87. The highest BCUT2D eigenvalue weighted by molar-refractivity contribution is 14.1. The lowest BCUT2D eigenvalue weighted by atomic mass is 9.82. The Labute approximate surface area is 115 Å². The van der Waals surface area contributed by atoms with Gasteiger partial charge >= 0.3 is 11.9 Å². The van der Waals surface area contributed by atoms with Crippen LogP contribution in [0, 0.1) is 5.41 Å². The maximum atomic E-state index is 11.7. The van der Waals surface area contributed by atoms with Crippen LogP contribution in [-0.4, -0.2) is 33.0 Å². The quantitative estimate of drug-likeness (QED) is 0.285. The van der Waals surface area contributed by atoms with Crippen LogP contribution >= 0.6 is 45.2 Å². The zero-order valence-corrected chi connectivity index (χ0v) is 12.2. The van der Waals surface area contributed by atoms with Gasteiger partial charge in [-0.15, -0.1) is 0 Å². The van der Waals surface area contributed by atoms with Gasteiger partial charge in [-0.25, -0.2) is 0 Å². The van der Waals surface area contributed by atoms with E-state index < -0.39 is 5.41 Å². The number of rotatable bonds is 2. The number of halogens is 2. The predicted octanol–water partition coefficient (Wildman–Crippen LogP) is 1.47. The fraction of sp³-hybridized carbons (Fsp3) is 0.778. The minimum Gasteiger partial charge on any atom is -0.461 e. The molecule has 2 saturated heterocycles. The molecule has 2 aliphatic heterocycles. The highest BCUT2D eigenvalue weighted by atomic mass is 127. The molecule has 15 heavy (non-hydrogen) atoms. The molecule has 1 spiro atoms. The molecule has 2 aliphatic rings. The Hall–Kier alpha value is 0.400. The van der Waals surface area contributed by atoms with Gasteiger partial charge in [0.2, 0.25) is 0 Å². The number of hydrogen-bond donors (Lipinski definition) is 0. The number of esters is 2. The van der Waals surface area contributed by atoms with E-state index >= 15 is 0 Å². The molecule has 0 aromatic heterocycles. The Morgan fingerprint density at radius 2 is 1.47 bits per heavy atom. The summed E-state index contributed by atoms with van der Waals surface area (Å²) in [5.74, 6) is -0.775. The molecule has 0 saturated carbocycles. The van der Waals surface area contributed by atoms with E-state index in [-0.39, 0.29) is 24.1 Å². The molecule has 0 aromatic carbocycles. The average Bonchev–Trinajstić information content (AvgIpc) is 2.71. The van der Waals surface area contributed by atoms with Crippen LogP contribution in [0.1, 0.15) is 12.8 Å². The summed E-state index contributed by atoms with van der Waals surface area (Å²) in [4.78, 5) is 23.4. The van der Waals surface area contributed by atoms with E-state index in [9.17, 15) is 9.59 Å². The number of hydrogen-bond acceptors (Lipinski definition) is 4. The number of carbonyl (C=O) groups is 2. The molecule has 3 atom stereocenters. The second-order valence-corrected chi connectivity index (χ2v) is 5.62. The van der Waals surface area contributed by atoms with Crippen LogP contribution in [0.4, 0.5) is 0 Å². The molecule has 0 amide bonds. The molecule has 0 N–H and O–H groups in total. The van der Waals surface area contributed by atoms with Gasteiger partial charge in [-0.1, -0.05) is 45.2 Å². The van der Waals surface area contributed by atoms with Crippen molar-refractivity contribution in [3.8, 4) is 0 Å². The third-order valence-corrected chi connectivity index (χ3v) is 4.79. The van der Waals surface area contributed by atoms with Crippen molar-refractivity contribution in [1.29, 1.82) is 0 Å². The van der Waals surface area contributed by atoms with Crippen molar-refractivity contribution in [2.45, 2.75) is 25.0 Å². The maximum Gasteiger partial charge on any atom is 0.324 e. The number of carbonyl (C=O) groups excluding carboxylic acids is 2. The summed E-state index contributed by atoms with van der Waals surface area (Å²) in [7, 11) is 0. The number of alkyl halides is 2. The second-order valence-electron chi connectivity index (χ2n) is 3.85. The number of cyclic esters (lactones) is 2. The lowest BCUT2D eigenvalue weighted by Gasteiger charge is -2.10. The Morgan fingerprint density at radius 3 is 1.73 bits per heavy atom.